The van der Waals surface area contributed by atoms with Crippen molar-refractivity contribution in [3.8, 4) is 0 Å². The lowest BCUT2D eigenvalue weighted by molar-refractivity contribution is -0.132. The van der Waals surface area contributed by atoms with Crippen molar-refractivity contribution in [3.63, 3.8) is 0 Å². The van der Waals surface area contributed by atoms with E-state index in [4.69, 9.17) is 0 Å². The van der Waals surface area contributed by atoms with Crippen LogP contribution in [0.4, 0.5) is 0 Å². The van der Waals surface area contributed by atoms with Crippen LogP contribution in [0.15, 0.2) is 12.2 Å². The maximum atomic E-state index is 11.5. The molecule has 2 heterocycles. The van der Waals surface area contributed by atoms with Gasteiger partial charge in [0.1, 0.15) is 0 Å². The number of carbonyl (C=O) groups excluding carboxylic acids is 1. The van der Waals surface area contributed by atoms with E-state index in [1.165, 1.54) is 12.8 Å². The van der Waals surface area contributed by atoms with E-state index in [-0.39, 0.29) is 0 Å². The quantitative estimate of drug-likeness (QED) is 0.500. The van der Waals surface area contributed by atoms with Gasteiger partial charge in [0.05, 0.1) is 0 Å². The normalized spacial score (nSPS) is 29.8. The molecular weight excluding hydrogens is 150 g/mol. The van der Waals surface area contributed by atoms with Gasteiger partial charge < -0.3 is 4.90 Å². The van der Waals surface area contributed by atoms with Crippen molar-refractivity contribution in [2.24, 2.45) is 0 Å². The van der Waals surface area contributed by atoms with Crippen molar-refractivity contribution in [3.05, 3.63) is 12.2 Å². The van der Waals surface area contributed by atoms with E-state index < -0.39 is 0 Å². The fourth-order valence-corrected chi connectivity index (χ4v) is 2.07. The Morgan fingerprint density at radius 2 is 2.33 bits per heavy atom. The maximum absolute atomic E-state index is 11.5. The number of rotatable bonds is 0. The molecule has 2 nitrogen and oxygen atoms in total. The molecule has 0 aliphatic carbocycles. The molecule has 1 unspecified atom stereocenters. The molecule has 2 aliphatic rings. The average molecular weight is 165 g/mol. The number of amides is 1. The second kappa shape index (κ2) is 3.30. The van der Waals surface area contributed by atoms with Gasteiger partial charge >= 0.3 is 0 Å². The molecule has 2 aliphatic heterocycles. The zero-order valence-electron chi connectivity index (χ0n) is 7.33. The summed E-state index contributed by atoms with van der Waals surface area (Å²) in [5.41, 5.74) is 0. The molecule has 0 radical (unpaired) electrons. The van der Waals surface area contributed by atoms with Crippen LogP contribution in [0.3, 0.4) is 0 Å². The highest BCUT2D eigenvalue weighted by molar-refractivity contribution is 5.77. The standard InChI is InChI=1S/C10H15NO/c12-10-7-2-1-5-9-6-3-4-8-11(9)10/h3,6,9H,1-2,4-5,7-8H2. The van der Waals surface area contributed by atoms with Crippen LogP contribution in [-0.4, -0.2) is 23.4 Å². The molecule has 66 valence electrons. The Labute approximate surface area is 73.2 Å². The minimum atomic E-state index is 0.363. The van der Waals surface area contributed by atoms with Gasteiger partial charge in [-0.2, -0.15) is 0 Å². The van der Waals surface area contributed by atoms with E-state index in [0.717, 1.165) is 25.8 Å². The molecule has 0 aromatic heterocycles. The summed E-state index contributed by atoms with van der Waals surface area (Å²) in [5, 5.41) is 0. The van der Waals surface area contributed by atoms with E-state index in [2.05, 4.69) is 12.2 Å². The van der Waals surface area contributed by atoms with E-state index in [1.54, 1.807) is 0 Å². The highest BCUT2D eigenvalue weighted by Gasteiger charge is 2.25. The minimum Gasteiger partial charge on any atom is -0.336 e. The maximum Gasteiger partial charge on any atom is 0.223 e. The van der Waals surface area contributed by atoms with Gasteiger partial charge in [-0.15, -0.1) is 0 Å². The fourth-order valence-electron chi connectivity index (χ4n) is 2.07. The third-order valence-electron chi connectivity index (χ3n) is 2.76. The summed E-state index contributed by atoms with van der Waals surface area (Å²) in [6.07, 6.45) is 9.68. The molecule has 0 aromatic rings. The Morgan fingerprint density at radius 1 is 1.42 bits per heavy atom. The van der Waals surface area contributed by atoms with Gasteiger partial charge in [-0.05, 0) is 19.3 Å². The summed E-state index contributed by atoms with van der Waals surface area (Å²) < 4.78 is 0. The monoisotopic (exact) mass is 165 g/mol. The predicted molar refractivity (Wildman–Crippen MR) is 47.7 cm³/mol. The SMILES string of the molecule is O=C1CCCCC2C=CCCN12. The van der Waals surface area contributed by atoms with Crippen LogP contribution < -0.4 is 0 Å². The second-order valence-corrected chi connectivity index (χ2v) is 3.62. The van der Waals surface area contributed by atoms with Crippen LogP contribution >= 0.6 is 0 Å². The van der Waals surface area contributed by atoms with Gasteiger partial charge in [0.15, 0.2) is 0 Å². The molecule has 0 saturated carbocycles. The van der Waals surface area contributed by atoms with Crippen molar-refractivity contribution >= 4 is 5.91 Å². The van der Waals surface area contributed by atoms with Crippen molar-refractivity contribution < 1.29 is 4.79 Å². The van der Waals surface area contributed by atoms with Gasteiger partial charge in [-0.3, -0.25) is 4.79 Å². The van der Waals surface area contributed by atoms with Crippen LogP contribution in [0, 0.1) is 0 Å². The Bertz CT molecular complexity index is 210. The fraction of sp³-hybridized carbons (Fsp3) is 0.700. The number of carbonyl (C=O) groups is 1. The van der Waals surface area contributed by atoms with E-state index in [1.807, 2.05) is 4.90 Å². The van der Waals surface area contributed by atoms with Crippen LogP contribution in [0.25, 0.3) is 0 Å². The molecule has 12 heavy (non-hydrogen) atoms. The largest absolute Gasteiger partial charge is 0.336 e. The second-order valence-electron chi connectivity index (χ2n) is 3.62. The lowest BCUT2D eigenvalue weighted by Crippen LogP contribution is -2.40. The van der Waals surface area contributed by atoms with Gasteiger partial charge in [0, 0.05) is 19.0 Å². The summed E-state index contributed by atoms with van der Waals surface area (Å²) in [4.78, 5) is 13.6. The van der Waals surface area contributed by atoms with Crippen molar-refractivity contribution in [2.45, 2.75) is 38.1 Å². The lowest BCUT2D eigenvalue weighted by Gasteiger charge is -2.30. The van der Waals surface area contributed by atoms with Gasteiger partial charge in [-0.1, -0.05) is 18.6 Å². The molecule has 1 atom stereocenters. The molecule has 0 spiro atoms. The summed E-state index contributed by atoms with van der Waals surface area (Å²) >= 11 is 0. The van der Waals surface area contributed by atoms with E-state index in [0.29, 0.717) is 11.9 Å². The molecule has 0 N–H and O–H groups in total. The van der Waals surface area contributed by atoms with Gasteiger partial charge in [0.2, 0.25) is 5.91 Å². The summed E-state index contributed by atoms with van der Waals surface area (Å²) in [6.45, 7) is 0.944. The summed E-state index contributed by atoms with van der Waals surface area (Å²) in [7, 11) is 0. The smallest absolute Gasteiger partial charge is 0.223 e. The first-order valence-electron chi connectivity index (χ1n) is 4.84. The predicted octanol–water partition coefficient (Wildman–Crippen LogP) is 1.72. The van der Waals surface area contributed by atoms with Crippen LogP contribution in [-0.2, 0) is 4.79 Å². The number of hydrogen-bond donors (Lipinski definition) is 0. The first-order chi connectivity index (χ1) is 5.88. The Kier molecular flexibility index (Phi) is 2.15. The Morgan fingerprint density at radius 3 is 3.25 bits per heavy atom. The lowest BCUT2D eigenvalue weighted by atomic mass is 10.1. The zero-order valence-corrected chi connectivity index (χ0v) is 7.33. The Balaban J connectivity index is 2.14. The van der Waals surface area contributed by atoms with Crippen LogP contribution in [0.1, 0.15) is 32.1 Å². The summed E-state index contributed by atoms with van der Waals surface area (Å²) in [5.74, 6) is 0.363. The summed E-state index contributed by atoms with van der Waals surface area (Å²) in [6, 6.07) is 0.425. The van der Waals surface area contributed by atoms with Crippen molar-refractivity contribution in [1.82, 2.24) is 4.90 Å². The molecule has 1 fully saturated rings. The number of fused-ring (bicyclic) bond motifs is 1. The van der Waals surface area contributed by atoms with Crippen molar-refractivity contribution in [2.75, 3.05) is 6.54 Å². The first kappa shape index (κ1) is 7.84. The zero-order chi connectivity index (χ0) is 8.39. The topological polar surface area (TPSA) is 20.3 Å². The molecule has 0 bridgehead atoms. The molecule has 0 aromatic carbocycles. The molecule has 2 rings (SSSR count). The third-order valence-corrected chi connectivity index (χ3v) is 2.76. The number of nitrogens with zero attached hydrogens (tertiary/aromatic N) is 1. The molecule has 2 heteroatoms. The number of hydrogen-bond acceptors (Lipinski definition) is 1. The minimum absolute atomic E-state index is 0.363. The average Bonchev–Trinajstić information content (AvgIpc) is 2.29. The highest BCUT2D eigenvalue weighted by Crippen LogP contribution is 2.21. The Hall–Kier alpha value is -0.790. The van der Waals surface area contributed by atoms with Crippen molar-refractivity contribution in [1.29, 1.82) is 0 Å². The van der Waals surface area contributed by atoms with E-state index >= 15 is 0 Å². The molecule has 1 saturated heterocycles. The highest BCUT2D eigenvalue weighted by atomic mass is 16.2. The van der Waals surface area contributed by atoms with Crippen LogP contribution in [0.2, 0.25) is 0 Å². The first-order valence-corrected chi connectivity index (χ1v) is 4.84. The van der Waals surface area contributed by atoms with Crippen LogP contribution in [0.5, 0.6) is 0 Å². The molecule has 1 amide bonds. The molecular formula is C10H15NO. The van der Waals surface area contributed by atoms with Gasteiger partial charge in [-0.25, -0.2) is 0 Å². The van der Waals surface area contributed by atoms with E-state index in [9.17, 15) is 4.79 Å². The third kappa shape index (κ3) is 1.38. The van der Waals surface area contributed by atoms with Gasteiger partial charge in [0.25, 0.3) is 0 Å².